The number of benzene rings is 1. The minimum Gasteiger partial charge on any atom is -0.399 e. The Morgan fingerprint density at radius 2 is 1.52 bits per heavy atom. The molecule has 5 N–H and O–H groups in total. The van der Waals surface area contributed by atoms with E-state index in [0.29, 0.717) is 4.68 Å². The van der Waals surface area contributed by atoms with Gasteiger partial charge in [0.15, 0.2) is 0 Å². The number of hydrogen-bond donors (Lipinski definition) is 4. The molecule has 0 amide bonds. The zero-order chi connectivity index (χ0) is 16.0. The summed E-state index contributed by atoms with van der Waals surface area (Å²) >= 11 is 0. The predicted molar refractivity (Wildman–Crippen MR) is 70.4 cm³/mol. The molecule has 0 aliphatic heterocycles. The zero-order valence-corrected chi connectivity index (χ0v) is 11.7. The predicted octanol–water partition coefficient (Wildman–Crippen LogP) is -0.759. The fraction of sp³-hybridized carbons (Fsp3) is 0. The van der Waals surface area contributed by atoms with Gasteiger partial charge >= 0.3 is 0 Å². The molecule has 0 saturated carbocycles. The second-order valence-corrected chi connectivity index (χ2v) is 6.73. The van der Waals surface area contributed by atoms with Gasteiger partial charge in [-0.05, 0) is 12.1 Å². The summed E-state index contributed by atoms with van der Waals surface area (Å²) in [4.78, 5) is 9.72. The van der Waals surface area contributed by atoms with Gasteiger partial charge in [-0.3, -0.25) is 19.0 Å². The first kappa shape index (κ1) is 15.2. The number of anilines is 1. The van der Waals surface area contributed by atoms with Crippen molar-refractivity contribution >= 4 is 25.9 Å². The first-order valence-corrected chi connectivity index (χ1v) is 8.05. The van der Waals surface area contributed by atoms with Crippen LogP contribution in [0.3, 0.4) is 0 Å². The summed E-state index contributed by atoms with van der Waals surface area (Å²) in [5.74, 6) is 0. The molecule has 0 saturated heterocycles. The van der Waals surface area contributed by atoms with Crippen molar-refractivity contribution in [1.29, 1.82) is 0 Å². The van der Waals surface area contributed by atoms with E-state index in [1.807, 2.05) is 0 Å². The standard InChI is InChI=1S/C9H9N3O7S2/c10-5-3-6(20(14,15)16)9(7(4-5)21(17,18)19)12-8(13)1-2-11-12/h1-4,11H,10H2,(H,14,15,16)(H,17,18,19). The quantitative estimate of drug-likeness (QED) is 0.418. The molecule has 1 heterocycles. The first-order valence-electron chi connectivity index (χ1n) is 5.17. The third-order valence-corrected chi connectivity index (χ3v) is 4.23. The Morgan fingerprint density at radius 3 is 1.86 bits per heavy atom. The van der Waals surface area contributed by atoms with E-state index in [4.69, 9.17) is 5.73 Å². The van der Waals surface area contributed by atoms with Crippen LogP contribution >= 0.6 is 0 Å². The summed E-state index contributed by atoms with van der Waals surface area (Å²) in [6.45, 7) is 0. The Labute approximate surface area is 118 Å². The van der Waals surface area contributed by atoms with Crippen LogP contribution in [0, 0.1) is 0 Å². The van der Waals surface area contributed by atoms with Crippen molar-refractivity contribution in [3.63, 3.8) is 0 Å². The van der Waals surface area contributed by atoms with Gasteiger partial charge in [-0.2, -0.15) is 16.8 Å². The van der Waals surface area contributed by atoms with Gasteiger partial charge in [0.25, 0.3) is 25.8 Å². The number of rotatable bonds is 3. The molecule has 0 radical (unpaired) electrons. The lowest BCUT2D eigenvalue weighted by atomic mass is 10.3. The third kappa shape index (κ3) is 2.82. The highest BCUT2D eigenvalue weighted by molar-refractivity contribution is 7.87. The maximum absolute atomic E-state index is 11.6. The van der Waals surface area contributed by atoms with E-state index >= 15 is 0 Å². The van der Waals surface area contributed by atoms with Crippen LogP contribution in [0.25, 0.3) is 5.69 Å². The second kappa shape index (κ2) is 4.70. The summed E-state index contributed by atoms with van der Waals surface area (Å²) in [5, 5.41) is 2.28. The van der Waals surface area contributed by atoms with Gasteiger partial charge < -0.3 is 5.73 Å². The third-order valence-electron chi connectivity index (χ3n) is 2.49. The van der Waals surface area contributed by atoms with Crippen LogP contribution in [0.4, 0.5) is 5.69 Å². The Balaban J connectivity index is 3.09. The Kier molecular flexibility index (Phi) is 3.41. The van der Waals surface area contributed by atoms with Crippen molar-refractivity contribution in [1.82, 2.24) is 9.78 Å². The smallest absolute Gasteiger partial charge is 0.296 e. The van der Waals surface area contributed by atoms with Crippen LogP contribution in [0.15, 0.2) is 39.0 Å². The summed E-state index contributed by atoms with van der Waals surface area (Å²) in [6.07, 6.45) is 1.11. The molecule has 21 heavy (non-hydrogen) atoms. The Morgan fingerprint density at radius 1 is 1.05 bits per heavy atom. The van der Waals surface area contributed by atoms with E-state index < -0.39 is 41.3 Å². The van der Waals surface area contributed by atoms with Crippen molar-refractivity contribution in [3.8, 4) is 5.69 Å². The molecular weight excluding hydrogens is 326 g/mol. The summed E-state index contributed by atoms with van der Waals surface area (Å²) in [5.41, 5.74) is 3.45. The molecule has 0 bridgehead atoms. The number of hydrogen-bond acceptors (Lipinski definition) is 6. The van der Waals surface area contributed by atoms with Gasteiger partial charge in [-0.25, -0.2) is 4.68 Å². The van der Waals surface area contributed by atoms with E-state index in [0.717, 1.165) is 24.4 Å². The zero-order valence-electron chi connectivity index (χ0n) is 10.1. The molecule has 0 aliphatic rings. The molecule has 10 nitrogen and oxygen atoms in total. The largest absolute Gasteiger partial charge is 0.399 e. The fourth-order valence-corrected chi connectivity index (χ4v) is 3.24. The highest BCUT2D eigenvalue weighted by Crippen LogP contribution is 2.29. The number of aromatic nitrogens is 2. The van der Waals surface area contributed by atoms with Crippen molar-refractivity contribution in [2.45, 2.75) is 9.79 Å². The molecule has 0 atom stereocenters. The summed E-state index contributed by atoms with van der Waals surface area (Å²) in [7, 11) is -9.83. The highest BCUT2D eigenvalue weighted by atomic mass is 32.2. The minimum atomic E-state index is -4.92. The topological polar surface area (TPSA) is 173 Å². The Hall–Kier alpha value is -2.15. The van der Waals surface area contributed by atoms with Crippen LogP contribution in [-0.4, -0.2) is 35.7 Å². The maximum Gasteiger partial charge on any atom is 0.296 e. The fourth-order valence-electron chi connectivity index (χ4n) is 1.71. The molecule has 0 unspecified atom stereocenters. The lowest BCUT2D eigenvalue weighted by Gasteiger charge is -2.12. The number of nitrogen functional groups attached to an aromatic ring is 1. The SMILES string of the molecule is Nc1cc(S(=O)(=O)O)c(-n2[nH]ccc2=O)c(S(=O)(=O)O)c1. The average Bonchev–Trinajstić information content (AvgIpc) is 2.72. The number of aromatic amines is 1. The van der Waals surface area contributed by atoms with Crippen LogP contribution < -0.4 is 11.3 Å². The molecule has 12 heteroatoms. The van der Waals surface area contributed by atoms with Crippen LogP contribution in [-0.2, 0) is 20.2 Å². The van der Waals surface area contributed by atoms with E-state index in [1.165, 1.54) is 0 Å². The highest BCUT2D eigenvalue weighted by Gasteiger charge is 2.28. The molecule has 2 aromatic rings. The van der Waals surface area contributed by atoms with Gasteiger partial charge in [0.05, 0.1) is 0 Å². The summed E-state index contributed by atoms with van der Waals surface area (Å²) in [6, 6.07) is 2.50. The lowest BCUT2D eigenvalue weighted by Crippen LogP contribution is -2.21. The molecule has 1 aromatic heterocycles. The van der Waals surface area contributed by atoms with Gasteiger partial charge in [0.2, 0.25) is 0 Å². The van der Waals surface area contributed by atoms with Crippen molar-refractivity contribution in [2.24, 2.45) is 0 Å². The Bertz CT molecular complexity index is 916. The van der Waals surface area contributed by atoms with Crippen LogP contribution in [0.2, 0.25) is 0 Å². The molecule has 0 fully saturated rings. The monoisotopic (exact) mass is 335 g/mol. The number of nitrogens with zero attached hydrogens (tertiary/aromatic N) is 1. The van der Waals surface area contributed by atoms with Gasteiger partial charge in [0, 0.05) is 18.0 Å². The van der Waals surface area contributed by atoms with Crippen molar-refractivity contribution in [3.05, 3.63) is 34.7 Å². The minimum absolute atomic E-state index is 0.349. The van der Waals surface area contributed by atoms with Crippen LogP contribution in [0.1, 0.15) is 0 Å². The normalized spacial score (nSPS) is 12.5. The van der Waals surface area contributed by atoms with E-state index in [1.54, 1.807) is 0 Å². The first-order chi connectivity index (χ1) is 9.51. The number of nitrogens with one attached hydrogen (secondary N) is 1. The lowest BCUT2D eigenvalue weighted by molar-refractivity contribution is 0.479. The average molecular weight is 335 g/mol. The number of H-pyrrole nitrogens is 1. The molecule has 1 aromatic carbocycles. The molecule has 2 rings (SSSR count). The van der Waals surface area contributed by atoms with Crippen LogP contribution in [0.5, 0.6) is 0 Å². The van der Waals surface area contributed by atoms with Crippen molar-refractivity contribution in [2.75, 3.05) is 5.73 Å². The molecule has 0 spiro atoms. The van der Waals surface area contributed by atoms with E-state index in [9.17, 15) is 30.7 Å². The summed E-state index contributed by atoms with van der Waals surface area (Å²) < 4.78 is 64.4. The molecular formula is C9H9N3O7S2. The molecule has 0 aliphatic carbocycles. The van der Waals surface area contributed by atoms with Gasteiger partial charge in [-0.1, -0.05) is 0 Å². The second-order valence-electron chi connectivity index (χ2n) is 3.95. The van der Waals surface area contributed by atoms with Gasteiger partial charge in [-0.15, -0.1) is 0 Å². The van der Waals surface area contributed by atoms with E-state index in [-0.39, 0.29) is 5.69 Å². The van der Waals surface area contributed by atoms with E-state index in [2.05, 4.69) is 5.10 Å². The maximum atomic E-state index is 11.6. The molecule has 114 valence electrons. The van der Waals surface area contributed by atoms with Gasteiger partial charge in [0.1, 0.15) is 15.5 Å². The van der Waals surface area contributed by atoms with Crippen molar-refractivity contribution < 1.29 is 25.9 Å². The number of nitrogens with two attached hydrogens (primary N) is 1.